The first-order chi connectivity index (χ1) is 28.3. The van der Waals surface area contributed by atoms with Crippen LogP contribution in [0.1, 0.15) is 35.4 Å². The van der Waals surface area contributed by atoms with Gasteiger partial charge < -0.3 is 36.4 Å². The minimum atomic E-state index is -1.11. The molecule has 2 unspecified atom stereocenters. The van der Waals surface area contributed by atoms with E-state index in [9.17, 15) is 0 Å². The Morgan fingerprint density at radius 3 is 2.02 bits per heavy atom. The van der Waals surface area contributed by atoms with Gasteiger partial charge in [0.25, 0.3) is 0 Å². The van der Waals surface area contributed by atoms with Gasteiger partial charge in [-0.1, -0.05) is 12.2 Å². The van der Waals surface area contributed by atoms with Gasteiger partial charge in [-0.25, -0.2) is 34.9 Å². The summed E-state index contributed by atoms with van der Waals surface area (Å²) < 4.78 is 0. The number of nitrogens with zero attached hydrogens (tertiary/aromatic N) is 7. The van der Waals surface area contributed by atoms with Gasteiger partial charge in [0.05, 0.1) is 49.9 Å². The number of nitrogens with two attached hydrogens (primary N) is 2. The summed E-state index contributed by atoms with van der Waals surface area (Å²) in [4.78, 5) is 49.4. The normalized spacial score (nSPS) is 17.1. The van der Waals surface area contributed by atoms with Gasteiger partial charge in [0.1, 0.15) is 40.8 Å². The van der Waals surface area contributed by atoms with Crippen molar-refractivity contribution in [3.8, 4) is 22.8 Å². The molecular formula is C42H34N16. The third-order valence-electron chi connectivity index (χ3n) is 10.4. The lowest BCUT2D eigenvalue weighted by Crippen LogP contribution is -2.41. The maximum absolute atomic E-state index is 9.06. The molecule has 8 aromatic rings. The highest BCUT2D eigenvalue weighted by Crippen LogP contribution is 2.45. The van der Waals surface area contributed by atoms with Crippen LogP contribution in [0.5, 0.6) is 0 Å². The average Bonchev–Trinajstić information content (AvgIpc) is 4.08. The van der Waals surface area contributed by atoms with Crippen LogP contribution in [0.3, 0.4) is 0 Å². The van der Waals surface area contributed by atoms with Gasteiger partial charge in [-0.05, 0) is 91.4 Å². The first-order valence-electron chi connectivity index (χ1n) is 18.4. The fraction of sp³-hybridized carbons (Fsp3) is 0.0714. The molecule has 16 heteroatoms. The first kappa shape index (κ1) is 34.2. The zero-order valence-corrected chi connectivity index (χ0v) is 30.6. The van der Waals surface area contributed by atoms with E-state index in [1.807, 2.05) is 72.8 Å². The predicted octanol–water partition coefficient (Wildman–Crippen LogP) is 6.51. The summed E-state index contributed by atoms with van der Waals surface area (Å²) in [6, 6.07) is 17.3. The zero-order valence-electron chi connectivity index (χ0n) is 30.6. The van der Waals surface area contributed by atoms with Crippen LogP contribution in [0.4, 0.5) is 0 Å². The minimum absolute atomic E-state index is 0.0202. The van der Waals surface area contributed by atoms with Crippen molar-refractivity contribution in [3.05, 3.63) is 138 Å². The van der Waals surface area contributed by atoms with Gasteiger partial charge in [-0.3, -0.25) is 10.8 Å². The maximum atomic E-state index is 9.06. The van der Waals surface area contributed by atoms with Crippen LogP contribution in [-0.4, -0.2) is 73.1 Å². The molecule has 282 valence electrons. The Labute approximate surface area is 328 Å². The Bertz CT molecular complexity index is 3110. The van der Waals surface area contributed by atoms with Crippen LogP contribution in [-0.2, 0) is 0 Å². The molecule has 2 aliphatic rings. The third-order valence-corrected chi connectivity index (χ3v) is 10.4. The molecular weight excluding hydrogens is 729 g/mol. The second kappa shape index (κ2) is 13.5. The van der Waals surface area contributed by atoms with Crippen LogP contribution < -0.4 is 11.5 Å². The number of nitrogens with one attached hydrogen (secondary N) is 7. The number of benzene rings is 3. The van der Waals surface area contributed by atoms with E-state index in [0.29, 0.717) is 52.2 Å². The Kier molecular flexibility index (Phi) is 7.96. The van der Waals surface area contributed by atoms with E-state index in [4.69, 9.17) is 42.2 Å². The molecule has 16 nitrogen and oxygen atoms in total. The number of aromatic nitrogens is 10. The highest BCUT2D eigenvalue weighted by molar-refractivity contribution is 6.22. The number of imidazole rings is 5. The van der Waals surface area contributed by atoms with E-state index in [-0.39, 0.29) is 11.7 Å². The number of H-pyrrole nitrogens is 5. The molecule has 0 bridgehead atoms. The molecule has 2 atom stereocenters. The molecule has 0 amide bonds. The Hall–Kier alpha value is -8.27. The van der Waals surface area contributed by atoms with Gasteiger partial charge in [0, 0.05) is 47.4 Å². The number of aliphatic imine (C=N–C) groups is 2. The Morgan fingerprint density at radius 1 is 0.724 bits per heavy atom. The van der Waals surface area contributed by atoms with Crippen LogP contribution >= 0.6 is 0 Å². The minimum Gasteiger partial charge on any atom is -0.387 e. The summed E-state index contributed by atoms with van der Waals surface area (Å²) in [6.07, 6.45) is 20.7. The summed E-state index contributed by atoms with van der Waals surface area (Å²) in [6.45, 7) is 0. The third kappa shape index (κ3) is 6.10. The fourth-order valence-corrected chi connectivity index (χ4v) is 7.46. The first-order valence-corrected chi connectivity index (χ1v) is 18.4. The van der Waals surface area contributed by atoms with Crippen molar-refractivity contribution in [1.82, 2.24) is 49.8 Å². The van der Waals surface area contributed by atoms with Crippen LogP contribution in [0.15, 0.2) is 125 Å². The van der Waals surface area contributed by atoms with Crippen LogP contribution in [0.25, 0.3) is 68.0 Å². The van der Waals surface area contributed by atoms with Gasteiger partial charge in [0.2, 0.25) is 0 Å². The highest BCUT2D eigenvalue weighted by atomic mass is 15.0. The average molecular weight is 763 g/mol. The number of amidine groups is 3. The number of fused-ring (bicyclic) bond motifs is 4. The van der Waals surface area contributed by atoms with E-state index in [0.717, 1.165) is 50.4 Å². The largest absolute Gasteiger partial charge is 0.387 e. The predicted molar refractivity (Wildman–Crippen MR) is 226 cm³/mol. The molecule has 1 aliphatic carbocycles. The number of aromatic amines is 5. The van der Waals surface area contributed by atoms with E-state index in [1.165, 1.54) is 0 Å². The van der Waals surface area contributed by atoms with E-state index >= 15 is 0 Å². The Morgan fingerprint density at radius 2 is 1.36 bits per heavy atom. The molecule has 10 rings (SSSR count). The van der Waals surface area contributed by atoms with Crippen molar-refractivity contribution in [2.45, 2.75) is 12.3 Å². The summed E-state index contributed by atoms with van der Waals surface area (Å²) in [5, 5.41) is 16.8. The summed E-state index contributed by atoms with van der Waals surface area (Å²) in [7, 11) is 0. The fourth-order valence-electron chi connectivity index (χ4n) is 7.46. The van der Waals surface area contributed by atoms with Gasteiger partial charge in [-0.2, -0.15) is 0 Å². The second-order valence-electron chi connectivity index (χ2n) is 14.1. The number of nitrogen functional groups attached to an aromatic ring is 1. The summed E-state index contributed by atoms with van der Waals surface area (Å²) in [5.41, 5.74) is 19.6. The van der Waals surface area contributed by atoms with Crippen molar-refractivity contribution in [1.29, 1.82) is 10.8 Å². The lowest BCUT2D eigenvalue weighted by atomic mass is 9.69. The molecule has 11 N–H and O–H groups in total. The number of hydrogen-bond acceptors (Lipinski definition) is 9. The molecule has 0 fully saturated rings. The number of allylic oxidation sites excluding steroid dienone is 2. The van der Waals surface area contributed by atoms with Crippen LogP contribution in [0, 0.1) is 16.2 Å². The van der Waals surface area contributed by atoms with Crippen molar-refractivity contribution < 1.29 is 0 Å². The van der Waals surface area contributed by atoms with Crippen molar-refractivity contribution in [2.24, 2.45) is 26.9 Å². The smallest absolute Gasteiger partial charge is 0.153 e. The van der Waals surface area contributed by atoms with Crippen molar-refractivity contribution in [2.75, 3.05) is 0 Å². The number of hydrogen-bond donors (Lipinski definition) is 9. The van der Waals surface area contributed by atoms with Crippen molar-refractivity contribution in [3.63, 3.8) is 0 Å². The topological polar surface area (TPSA) is 268 Å². The molecule has 58 heavy (non-hydrogen) atoms. The lowest BCUT2D eigenvalue weighted by molar-refractivity contribution is 0.484. The molecule has 0 radical (unpaired) electrons. The molecule has 0 spiro atoms. The van der Waals surface area contributed by atoms with E-state index < -0.39 is 11.3 Å². The van der Waals surface area contributed by atoms with Crippen LogP contribution in [0.2, 0.25) is 0 Å². The second-order valence-corrected chi connectivity index (χ2v) is 14.1. The summed E-state index contributed by atoms with van der Waals surface area (Å²) >= 11 is 0. The molecule has 6 heterocycles. The molecule has 0 saturated carbocycles. The highest BCUT2D eigenvalue weighted by Gasteiger charge is 2.43. The van der Waals surface area contributed by atoms with E-state index in [1.54, 1.807) is 49.1 Å². The lowest BCUT2D eigenvalue weighted by Gasteiger charge is -2.35. The molecule has 3 aromatic carbocycles. The molecule has 0 saturated heterocycles. The van der Waals surface area contributed by atoms with Gasteiger partial charge >= 0.3 is 0 Å². The maximum Gasteiger partial charge on any atom is 0.153 e. The molecule has 5 aromatic heterocycles. The standard InChI is InChI=1S/C42H34N16/c43-37(44)22-4-7-26-30(18-22)55-35(52-26)10-11-36-53-29-12-13-42(41(45)46,21-33(29)56-36)25(40-57-28-9-6-24(20-32(28)58-40)39-49-16-17-50-39)2-1-3-34-51-27-8-5-23(19-31(27)54-34)38-47-14-15-48-38/h1,3-21,25H,2H2,(H3,43,44)(H3,45,46)(H,47,48)(H,49,50)(H,51,54)(H,52,55)(H,57,58)/b3-1?,11-10+. The molecule has 1 aliphatic heterocycles. The van der Waals surface area contributed by atoms with E-state index in [2.05, 4.69) is 39.9 Å². The monoisotopic (exact) mass is 762 g/mol. The van der Waals surface area contributed by atoms with Gasteiger partial charge in [-0.15, -0.1) is 0 Å². The number of rotatable bonds is 11. The SMILES string of the molecule is N=C(N)c1ccc2[nH]c(/C=C/C3=NC4=CC(C(=N)N)(C(CC=Cc5nc6cc(-c7ncc[nH]7)ccc6[nH]5)c5nc6cc(-c7ncc[nH]7)ccc6[nH]5)C=CC4=N3)nc2c1. The quantitative estimate of drug-likeness (QED) is 0.0520. The Balaban J connectivity index is 0.993. The zero-order chi connectivity index (χ0) is 39.4. The van der Waals surface area contributed by atoms with Crippen molar-refractivity contribution >= 4 is 68.5 Å². The summed E-state index contributed by atoms with van der Waals surface area (Å²) in [5.74, 6) is 3.39. The van der Waals surface area contributed by atoms with Gasteiger partial charge in [0.15, 0.2) is 5.84 Å².